The second-order valence-electron chi connectivity index (χ2n) is 5.86. The number of esters is 1. The summed E-state index contributed by atoms with van der Waals surface area (Å²) in [5.74, 6) is -0.304. The minimum atomic E-state index is -0.216. The van der Waals surface area contributed by atoms with E-state index in [4.69, 9.17) is 0 Å². The largest absolute Gasteiger partial charge is 0.469 e. The number of benzene rings is 2. The van der Waals surface area contributed by atoms with E-state index in [9.17, 15) is 9.59 Å². The molecular weight excluding hydrogens is 304 g/mol. The Hall–Kier alpha value is -2.56. The van der Waals surface area contributed by atoms with Crippen molar-refractivity contribution in [3.05, 3.63) is 42.0 Å². The first-order valence-electron chi connectivity index (χ1n) is 8.08. The quantitative estimate of drug-likeness (QED) is 0.627. The van der Waals surface area contributed by atoms with Crippen LogP contribution >= 0.6 is 0 Å². The second kappa shape index (κ2) is 8.34. The van der Waals surface area contributed by atoms with Gasteiger partial charge in [0.2, 0.25) is 0 Å². The first-order valence-corrected chi connectivity index (χ1v) is 8.08. The number of unbranched alkanes of at least 4 members (excludes halogenated alkanes) is 1. The van der Waals surface area contributed by atoms with E-state index < -0.39 is 0 Å². The summed E-state index contributed by atoms with van der Waals surface area (Å²) in [6, 6.07) is 11.7. The molecule has 1 N–H and O–H groups in total. The number of ether oxygens (including phenoxy) is 1. The van der Waals surface area contributed by atoms with Gasteiger partial charge in [0.1, 0.15) is 0 Å². The number of anilines is 1. The third kappa shape index (κ3) is 4.25. The van der Waals surface area contributed by atoms with Crippen molar-refractivity contribution in [2.24, 2.45) is 0 Å². The zero-order chi connectivity index (χ0) is 17.5. The zero-order valence-electron chi connectivity index (χ0n) is 14.5. The number of hydrogen-bond acceptors (Lipinski definition) is 4. The van der Waals surface area contributed by atoms with E-state index in [1.807, 2.05) is 55.4 Å². The summed E-state index contributed by atoms with van der Waals surface area (Å²) in [4.78, 5) is 25.6. The van der Waals surface area contributed by atoms with E-state index in [0.29, 0.717) is 24.9 Å². The molecule has 5 heteroatoms. The normalized spacial score (nSPS) is 10.5. The average molecular weight is 328 g/mol. The topological polar surface area (TPSA) is 58.6 Å². The maximum Gasteiger partial charge on any atom is 0.305 e. The molecule has 0 fully saturated rings. The molecule has 0 saturated heterocycles. The predicted molar refractivity (Wildman–Crippen MR) is 96.5 cm³/mol. The molecule has 2 aromatic rings. The Kier molecular flexibility index (Phi) is 6.18. The lowest BCUT2D eigenvalue weighted by molar-refractivity contribution is -0.140. The van der Waals surface area contributed by atoms with Crippen LogP contribution in [0.4, 0.5) is 5.69 Å². The number of rotatable bonds is 7. The third-order valence-corrected chi connectivity index (χ3v) is 3.95. The summed E-state index contributed by atoms with van der Waals surface area (Å²) >= 11 is 0. The van der Waals surface area contributed by atoms with Gasteiger partial charge in [0, 0.05) is 43.7 Å². The minimum Gasteiger partial charge on any atom is -0.469 e. The van der Waals surface area contributed by atoms with Crippen molar-refractivity contribution in [2.75, 3.05) is 32.6 Å². The Bertz CT molecular complexity index is 726. The highest BCUT2D eigenvalue weighted by Crippen LogP contribution is 2.28. The van der Waals surface area contributed by atoms with Crippen LogP contribution in [-0.4, -0.2) is 39.6 Å². The van der Waals surface area contributed by atoms with Crippen LogP contribution in [0.1, 0.15) is 29.6 Å². The molecule has 0 saturated carbocycles. The number of hydrogen-bond donors (Lipinski definition) is 1. The molecule has 2 aromatic carbocycles. The van der Waals surface area contributed by atoms with Crippen LogP contribution in [0, 0.1) is 0 Å². The van der Waals surface area contributed by atoms with Crippen molar-refractivity contribution in [1.29, 1.82) is 0 Å². The van der Waals surface area contributed by atoms with Crippen LogP contribution in [0.3, 0.4) is 0 Å². The van der Waals surface area contributed by atoms with Gasteiger partial charge in [-0.15, -0.1) is 0 Å². The summed E-state index contributed by atoms with van der Waals surface area (Å²) < 4.78 is 4.60. The fraction of sp³-hybridized carbons (Fsp3) is 0.368. The molecule has 0 atom stereocenters. The maximum atomic E-state index is 12.5. The summed E-state index contributed by atoms with van der Waals surface area (Å²) in [7, 11) is 5.36. The molecule has 0 aromatic heterocycles. The van der Waals surface area contributed by atoms with Crippen molar-refractivity contribution >= 4 is 28.3 Å². The molecule has 0 heterocycles. The van der Waals surface area contributed by atoms with E-state index in [1.165, 1.54) is 7.11 Å². The van der Waals surface area contributed by atoms with E-state index in [2.05, 4.69) is 10.1 Å². The van der Waals surface area contributed by atoms with Crippen molar-refractivity contribution in [3.8, 4) is 0 Å². The molecule has 24 heavy (non-hydrogen) atoms. The number of methoxy groups -OCH3 is 1. The third-order valence-electron chi connectivity index (χ3n) is 3.95. The number of nitrogens with zero attached hydrogens (tertiary/aromatic N) is 1. The Morgan fingerprint density at radius 2 is 1.75 bits per heavy atom. The fourth-order valence-corrected chi connectivity index (χ4v) is 2.66. The van der Waals surface area contributed by atoms with Crippen LogP contribution in [0.5, 0.6) is 0 Å². The van der Waals surface area contributed by atoms with Gasteiger partial charge in [-0.1, -0.05) is 24.3 Å². The van der Waals surface area contributed by atoms with E-state index in [0.717, 1.165) is 22.9 Å². The van der Waals surface area contributed by atoms with Gasteiger partial charge in [-0.05, 0) is 30.4 Å². The lowest BCUT2D eigenvalue weighted by Gasteiger charge is -2.17. The first-order chi connectivity index (χ1) is 11.5. The van der Waals surface area contributed by atoms with Crippen molar-refractivity contribution < 1.29 is 14.3 Å². The van der Waals surface area contributed by atoms with E-state index >= 15 is 0 Å². The molecule has 0 spiro atoms. The van der Waals surface area contributed by atoms with Crippen molar-refractivity contribution in [2.45, 2.75) is 19.3 Å². The molecule has 0 aliphatic carbocycles. The number of nitrogens with one attached hydrogen (secondary N) is 1. The molecule has 2 rings (SSSR count). The molecule has 0 radical (unpaired) electrons. The lowest BCUT2D eigenvalue weighted by atomic mass is 10.0. The number of carbonyl (C=O) groups excluding carboxylic acids is 2. The molecule has 128 valence electrons. The van der Waals surface area contributed by atoms with Crippen LogP contribution in [0.15, 0.2) is 36.4 Å². The van der Waals surface area contributed by atoms with E-state index in [-0.39, 0.29) is 11.9 Å². The van der Waals surface area contributed by atoms with Crippen molar-refractivity contribution in [1.82, 2.24) is 5.32 Å². The van der Waals surface area contributed by atoms with Crippen molar-refractivity contribution in [3.63, 3.8) is 0 Å². The Labute approximate surface area is 142 Å². The fourth-order valence-electron chi connectivity index (χ4n) is 2.66. The van der Waals surface area contributed by atoms with Crippen LogP contribution in [0.25, 0.3) is 10.8 Å². The average Bonchev–Trinajstić information content (AvgIpc) is 2.59. The Balaban J connectivity index is 2.05. The standard InChI is InChI=1S/C19H24N2O3/c1-21(2)17-12-11-16(14-8-4-5-9-15(14)17)19(23)20-13-7-6-10-18(22)24-3/h4-5,8-9,11-12H,6-7,10,13H2,1-3H3,(H,20,23). The highest BCUT2D eigenvalue weighted by atomic mass is 16.5. The second-order valence-corrected chi connectivity index (χ2v) is 5.86. The van der Waals surface area contributed by atoms with Gasteiger partial charge in [-0.25, -0.2) is 0 Å². The molecule has 0 unspecified atom stereocenters. The minimum absolute atomic E-state index is 0.0884. The summed E-state index contributed by atoms with van der Waals surface area (Å²) in [6.07, 6.45) is 1.83. The highest BCUT2D eigenvalue weighted by Gasteiger charge is 2.12. The SMILES string of the molecule is COC(=O)CCCCNC(=O)c1ccc(N(C)C)c2ccccc12. The molecular formula is C19H24N2O3. The maximum absolute atomic E-state index is 12.5. The summed E-state index contributed by atoms with van der Waals surface area (Å²) in [6.45, 7) is 0.541. The monoisotopic (exact) mass is 328 g/mol. The molecule has 1 amide bonds. The molecule has 0 aliphatic heterocycles. The highest BCUT2D eigenvalue weighted by molar-refractivity contribution is 6.10. The van der Waals surface area contributed by atoms with Gasteiger partial charge in [-0.2, -0.15) is 0 Å². The molecule has 5 nitrogen and oxygen atoms in total. The first kappa shape index (κ1) is 17.8. The summed E-state index contributed by atoms with van der Waals surface area (Å²) in [5.41, 5.74) is 1.75. The van der Waals surface area contributed by atoms with Gasteiger partial charge in [-0.3, -0.25) is 9.59 Å². The van der Waals surface area contributed by atoms with Crippen LogP contribution in [-0.2, 0) is 9.53 Å². The van der Waals surface area contributed by atoms with Gasteiger partial charge in [0.15, 0.2) is 0 Å². The van der Waals surface area contributed by atoms with Crippen LogP contribution < -0.4 is 10.2 Å². The number of carbonyl (C=O) groups is 2. The van der Waals surface area contributed by atoms with Gasteiger partial charge >= 0.3 is 5.97 Å². The number of fused-ring (bicyclic) bond motifs is 1. The smallest absolute Gasteiger partial charge is 0.305 e. The molecule has 0 bridgehead atoms. The predicted octanol–water partition coefficient (Wildman–Crippen LogP) is 2.98. The summed E-state index contributed by atoms with van der Waals surface area (Å²) in [5, 5.41) is 4.92. The lowest BCUT2D eigenvalue weighted by Crippen LogP contribution is -2.25. The Morgan fingerprint density at radius 3 is 2.42 bits per heavy atom. The Morgan fingerprint density at radius 1 is 1.04 bits per heavy atom. The molecule has 0 aliphatic rings. The van der Waals surface area contributed by atoms with Gasteiger partial charge in [0.05, 0.1) is 7.11 Å². The zero-order valence-corrected chi connectivity index (χ0v) is 14.5. The number of amides is 1. The van der Waals surface area contributed by atoms with E-state index in [1.54, 1.807) is 0 Å². The van der Waals surface area contributed by atoms with Crippen LogP contribution in [0.2, 0.25) is 0 Å². The van der Waals surface area contributed by atoms with Gasteiger partial charge < -0.3 is 15.0 Å². The van der Waals surface area contributed by atoms with Gasteiger partial charge in [0.25, 0.3) is 5.91 Å².